The molecule has 0 spiro atoms. The Bertz CT molecular complexity index is 543. The van der Waals surface area contributed by atoms with E-state index in [0.717, 1.165) is 27.8 Å². The Balaban J connectivity index is 1.80. The van der Waals surface area contributed by atoms with E-state index in [1.54, 1.807) is 11.3 Å². The molecule has 1 heterocycles. The number of aryl methyl sites for hydroxylation is 1. The predicted molar refractivity (Wildman–Crippen MR) is 81.2 cm³/mol. The van der Waals surface area contributed by atoms with Gasteiger partial charge in [0.1, 0.15) is 0 Å². The first-order valence-corrected chi connectivity index (χ1v) is 7.80. The fourth-order valence-corrected chi connectivity index (χ4v) is 3.01. The van der Waals surface area contributed by atoms with E-state index < -0.39 is 0 Å². The summed E-state index contributed by atoms with van der Waals surface area (Å²) in [5.74, 6) is 0.880. The molecule has 18 heavy (non-hydrogen) atoms. The van der Waals surface area contributed by atoms with Gasteiger partial charge in [-0.15, -0.1) is 11.3 Å². The highest BCUT2D eigenvalue weighted by Crippen LogP contribution is 2.33. The number of halogens is 1. The van der Waals surface area contributed by atoms with Gasteiger partial charge in [0.15, 0.2) is 5.13 Å². The van der Waals surface area contributed by atoms with Crippen molar-refractivity contribution in [3.05, 3.63) is 33.6 Å². The van der Waals surface area contributed by atoms with E-state index in [1.807, 2.05) is 0 Å². The van der Waals surface area contributed by atoms with Crippen LogP contribution in [0.1, 0.15) is 17.7 Å². The summed E-state index contributed by atoms with van der Waals surface area (Å²) in [7, 11) is 0. The second-order valence-corrected chi connectivity index (χ2v) is 6.87. The number of nitrogens with one attached hydrogen (secondary N) is 1. The van der Waals surface area contributed by atoms with Gasteiger partial charge in [-0.3, -0.25) is 0 Å². The van der Waals surface area contributed by atoms with Crippen LogP contribution in [0.2, 0.25) is 0 Å². The first kappa shape index (κ1) is 12.2. The number of aromatic nitrogens is 1. The van der Waals surface area contributed by atoms with Crippen molar-refractivity contribution in [3.8, 4) is 11.3 Å². The van der Waals surface area contributed by atoms with Crippen molar-refractivity contribution in [1.29, 1.82) is 0 Å². The van der Waals surface area contributed by atoms with Crippen molar-refractivity contribution >= 4 is 32.4 Å². The average Bonchev–Trinajstić information content (AvgIpc) is 3.12. The normalized spacial score (nSPS) is 14.8. The molecule has 94 valence electrons. The van der Waals surface area contributed by atoms with Gasteiger partial charge >= 0.3 is 0 Å². The number of nitrogens with zero attached hydrogens (tertiary/aromatic N) is 1. The summed E-state index contributed by atoms with van der Waals surface area (Å²) in [5.41, 5.74) is 2.29. The largest absolute Gasteiger partial charge is 0.361 e. The molecule has 0 bridgehead atoms. The number of rotatable bonds is 4. The second kappa shape index (κ2) is 5.02. The number of hydrogen-bond acceptors (Lipinski definition) is 3. The van der Waals surface area contributed by atoms with Gasteiger partial charge in [0, 0.05) is 21.5 Å². The van der Waals surface area contributed by atoms with Gasteiger partial charge < -0.3 is 5.32 Å². The Morgan fingerprint density at radius 3 is 2.72 bits per heavy atom. The minimum Gasteiger partial charge on any atom is -0.361 e. The molecule has 4 heteroatoms. The van der Waals surface area contributed by atoms with Crippen LogP contribution in [0.15, 0.2) is 28.7 Å². The van der Waals surface area contributed by atoms with Crippen LogP contribution in [0.5, 0.6) is 0 Å². The molecule has 1 N–H and O–H groups in total. The molecule has 2 nitrogen and oxygen atoms in total. The van der Waals surface area contributed by atoms with Crippen LogP contribution in [0.4, 0.5) is 5.13 Å². The molecule has 1 aromatic heterocycles. The fraction of sp³-hybridized carbons (Fsp3) is 0.357. The molecule has 1 saturated carbocycles. The van der Waals surface area contributed by atoms with E-state index in [1.165, 1.54) is 23.3 Å². The van der Waals surface area contributed by atoms with Crippen LogP contribution in [-0.2, 0) is 0 Å². The Kier molecular flexibility index (Phi) is 3.39. The Labute approximate surface area is 120 Å². The number of benzene rings is 1. The lowest BCUT2D eigenvalue weighted by molar-refractivity contribution is 0.887. The zero-order chi connectivity index (χ0) is 12.5. The molecule has 1 aromatic carbocycles. The number of hydrogen-bond donors (Lipinski definition) is 1. The molecule has 3 rings (SSSR count). The van der Waals surface area contributed by atoms with Crippen LogP contribution in [-0.4, -0.2) is 11.5 Å². The molecular weight excluding hydrogens is 308 g/mol. The summed E-state index contributed by atoms with van der Waals surface area (Å²) in [4.78, 5) is 5.98. The van der Waals surface area contributed by atoms with Gasteiger partial charge in [-0.05, 0) is 37.8 Å². The molecule has 1 aliphatic carbocycles. The maximum Gasteiger partial charge on any atom is 0.183 e. The molecule has 0 aliphatic heterocycles. The van der Waals surface area contributed by atoms with Crippen molar-refractivity contribution < 1.29 is 0 Å². The lowest BCUT2D eigenvalue weighted by Gasteiger charge is -1.99. The van der Waals surface area contributed by atoms with Crippen LogP contribution in [0.25, 0.3) is 11.3 Å². The van der Waals surface area contributed by atoms with E-state index in [9.17, 15) is 0 Å². The number of anilines is 1. The van der Waals surface area contributed by atoms with Gasteiger partial charge in [-0.25, -0.2) is 4.98 Å². The first-order chi connectivity index (χ1) is 8.72. The lowest BCUT2D eigenvalue weighted by atomic mass is 10.1. The van der Waals surface area contributed by atoms with Crippen LogP contribution in [0, 0.1) is 12.8 Å². The second-order valence-electron chi connectivity index (χ2n) is 4.75. The van der Waals surface area contributed by atoms with Gasteiger partial charge in [0.25, 0.3) is 0 Å². The molecule has 0 atom stereocenters. The van der Waals surface area contributed by atoms with E-state index >= 15 is 0 Å². The van der Waals surface area contributed by atoms with E-state index in [-0.39, 0.29) is 0 Å². The maximum atomic E-state index is 4.70. The predicted octanol–water partition coefficient (Wildman–Crippen LogP) is 4.70. The van der Waals surface area contributed by atoms with Gasteiger partial charge in [-0.2, -0.15) is 0 Å². The van der Waals surface area contributed by atoms with E-state index in [4.69, 9.17) is 4.98 Å². The van der Waals surface area contributed by atoms with Crippen molar-refractivity contribution in [2.75, 3.05) is 11.9 Å². The quantitative estimate of drug-likeness (QED) is 0.882. The zero-order valence-corrected chi connectivity index (χ0v) is 12.6. The highest BCUT2D eigenvalue weighted by atomic mass is 79.9. The summed E-state index contributed by atoms with van der Waals surface area (Å²) in [6, 6.07) is 8.34. The zero-order valence-electron chi connectivity index (χ0n) is 10.2. The molecule has 2 aromatic rings. The third-order valence-electron chi connectivity index (χ3n) is 3.15. The third-order valence-corrected chi connectivity index (χ3v) is 4.61. The summed E-state index contributed by atoms with van der Waals surface area (Å²) in [6.45, 7) is 3.21. The standard InChI is InChI=1S/C14H15BrN2S/c1-9-13(11-4-6-12(15)7-5-11)17-14(18-9)16-8-10-2-3-10/h4-7,10H,2-3,8H2,1H3,(H,16,17). The lowest BCUT2D eigenvalue weighted by Crippen LogP contribution is -2.02. The minimum absolute atomic E-state index is 0.880. The van der Waals surface area contributed by atoms with Crippen LogP contribution >= 0.6 is 27.3 Å². The summed E-state index contributed by atoms with van der Waals surface area (Å²) >= 11 is 5.21. The molecule has 0 amide bonds. The highest BCUT2D eigenvalue weighted by Gasteiger charge is 2.21. The molecule has 0 radical (unpaired) electrons. The van der Waals surface area contributed by atoms with Crippen LogP contribution < -0.4 is 5.32 Å². The smallest absolute Gasteiger partial charge is 0.183 e. The van der Waals surface area contributed by atoms with Gasteiger partial charge in [0.2, 0.25) is 0 Å². The summed E-state index contributed by atoms with van der Waals surface area (Å²) < 4.78 is 1.10. The fourth-order valence-electron chi connectivity index (χ4n) is 1.90. The van der Waals surface area contributed by atoms with Crippen molar-refractivity contribution in [2.45, 2.75) is 19.8 Å². The SMILES string of the molecule is Cc1sc(NCC2CC2)nc1-c1ccc(Br)cc1. The summed E-state index contributed by atoms with van der Waals surface area (Å²) in [6.07, 6.45) is 2.74. The topological polar surface area (TPSA) is 24.9 Å². The van der Waals surface area contributed by atoms with Gasteiger partial charge in [-0.1, -0.05) is 28.1 Å². The Morgan fingerprint density at radius 1 is 1.33 bits per heavy atom. The van der Waals surface area contributed by atoms with Crippen molar-refractivity contribution in [1.82, 2.24) is 4.98 Å². The van der Waals surface area contributed by atoms with Gasteiger partial charge in [0.05, 0.1) is 5.69 Å². The monoisotopic (exact) mass is 322 g/mol. The average molecular weight is 323 g/mol. The number of thiazole rings is 1. The molecule has 1 aliphatic rings. The Hall–Kier alpha value is -0.870. The van der Waals surface area contributed by atoms with Crippen LogP contribution in [0.3, 0.4) is 0 Å². The minimum atomic E-state index is 0.880. The summed E-state index contributed by atoms with van der Waals surface area (Å²) in [5, 5.41) is 4.50. The van der Waals surface area contributed by atoms with Crippen molar-refractivity contribution in [3.63, 3.8) is 0 Å². The molecule has 0 unspecified atom stereocenters. The molecule has 1 fully saturated rings. The third kappa shape index (κ3) is 2.75. The van der Waals surface area contributed by atoms with Crippen molar-refractivity contribution in [2.24, 2.45) is 5.92 Å². The Morgan fingerprint density at radius 2 is 2.06 bits per heavy atom. The highest BCUT2D eigenvalue weighted by molar-refractivity contribution is 9.10. The van der Waals surface area contributed by atoms with E-state index in [2.05, 4.69) is 52.4 Å². The maximum absolute atomic E-state index is 4.70. The first-order valence-electron chi connectivity index (χ1n) is 6.19. The molecular formula is C14H15BrN2S. The molecule has 0 saturated heterocycles. The van der Waals surface area contributed by atoms with E-state index in [0.29, 0.717) is 0 Å².